The van der Waals surface area contributed by atoms with Crippen LogP contribution in [0, 0.1) is 0 Å². The van der Waals surface area contributed by atoms with Crippen molar-refractivity contribution in [3.63, 3.8) is 0 Å². The molecule has 0 bridgehead atoms. The van der Waals surface area contributed by atoms with Crippen LogP contribution in [0.15, 0.2) is 30.3 Å². The van der Waals surface area contributed by atoms with Gasteiger partial charge in [-0.15, -0.1) is 0 Å². The van der Waals surface area contributed by atoms with Crippen LogP contribution in [0.3, 0.4) is 0 Å². The van der Waals surface area contributed by atoms with E-state index in [-0.39, 0.29) is 14.0 Å². The number of alkyl carbamates (subject to hydrolysis) is 1. The lowest BCUT2D eigenvalue weighted by Crippen LogP contribution is -2.42. The zero-order chi connectivity index (χ0) is 14.3. The number of aliphatic carboxylic acids is 2. The third-order valence-corrected chi connectivity index (χ3v) is 2.18. The predicted molar refractivity (Wildman–Crippen MR) is 70.2 cm³/mol. The minimum atomic E-state index is -1.51. The molecule has 0 fully saturated rings. The Hall–Kier alpha value is -2.57. The van der Waals surface area contributed by atoms with E-state index in [1.54, 1.807) is 30.3 Å². The Balaban J connectivity index is 0.00000361. The SMILES string of the molecule is C.O=C(O)C[C@@H](NC(=O)OCc1ccccc1)C(=O)O. The second kappa shape index (κ2) is 8.52. The molecular formula is C13H17NO6. The van der Waals surface area contributed by atoms with E-state index in [1.165, 1.54) is 0 Å². The van der Waals surface area contributed by atoms with Crippen LogP contribution >= 0.6 is 0 Å². The molecule has 1 amide bonds. The number of carbonyl (C=O) groups is 3. The van der Waals surface area contributed by atoms with Gasteiger partial charge in [-0.1, -0.05) is 37.8 Å². The summed E-state index contributed by atoms with van der Waals surface area (Å²) in [5.74, 6) is -2.75. The summed E-state index contributed by atoms with van der Waals surface area (Å²) in [5.41, 5.74) is 0.739. The van der Waals surface area contributed by atoms with Gasteiger partial charge in [0.25, 0.3) is 0 Å². The van der Waals surface area contributed by atoms with E-state index in [0.717, 1.165) is 5.56 Å². The third kappa shape index (κ3) is 6.39. The van der Waals surface area contributed by atoms with E-state index < -0.39 is 30.5 Å². The minimum absolute atomic E-state index is 0. The monoisotopic (exact) mass is 283 g/mol. The molecule has 0 saturated carbocycles. The van der Waals surface area contributed by atoms with Crippen LogP contribution in [0.4, 0.5) is 4.79 Å². The first kappa shape index (κ1) is 17.4. The smallest absolute Gasteiger partial charge is 0.408 e. The summed E-state index contributed by atoms with van der Waals surface area (Å²) in [4.78, 5) is 32.5. The van der Waals surface area contributed by atoms with Gasteiger partial charge in [0.1, 0.15) is 12.6 Å². The van der Waals surface area contributed by atoms with Gasteiger partial charge in [0.2, 0.25) is 0 Å². The van der Waals surface area contributed by atoms with Crippen molar-refractivity contribution in [1.29, 1.82) is 0 Å². The molecule has 0 aliphatic carbocycles. The fraction of sp³-hybridized carbons (Fsp3) is 0.308. The van der Waals surface area contributed by atoms with Gasteiger partial charge in [-0.25, -0.2) is 9.59 Å². The van der Waals surface area contributed by atoms with Crippen molar-refractivity contribution in [1.82, 2.24) is 5.32 Å². The number of carboxylic acid groups (broad SMARTS) is 2. The van der Waals surface area contributed by atoms with Crippen molar-refractivity contribution in [2.45, 2.75) is 26.5 Å². The summed E-state index contributed by atoms with van der Waals surface area (Å²) in [6.45, 7) is -0.0217. The second-order valence-corrected chi connectivity index (χ2v) is 3.69. The lowest BCUT2D eigenvalue weighted by atomic mass is 10.2. The normalized spacial score (nSPS) is 10.8. The summed E-state index contributed by atoms with van der Waals surface area (Å²) < 4.78 is 4.78. The molecule has 1 rings (SSSR count). The number of nitrogens with one attached hydrogen (secondary N) is 1. The van der Waals surface area contributed by atoms with Crippen molar-refractivity contribution in [2.75, 3.05) is 0 Å². The van der Waals surface area contributed by atoms with E-state index in [0.29, 0.717) is 0 Å². The Bertz CT molecular complexity index is 459. The Morgan fingerprint density at radius 2 is 1.75 bits per heavy atom. The van der Waals surface area contributed by atoms with Crippen LogP contribution in [-0.2, 0) is 20.9 Å². The number of hydrogen-bond acceptors (Lipinski definition) is 4. The van der Waals surface area contributed by atoms with Gasteiger partial charge in [0, 0.05) is 0 Å². The van der Waals surface area contributed by atoms with Gasteiger partial charge in [-0.3, -0.25) is 4.79 Å². The highest BCUT2D eigenvalue weighted by Crippen LogP contribution is 2.01. The average Bonchev–Trinajstić information content (AvgIpc) is 2.36. The van der Waals surface area contributed by atoms with Gasteiger partial charge < -0.3 is 20.3 Å². The third-order valence-electron chi connectivity index (χ3n) is 2.18. The number of carbonyl (C=O) groups excluding carboxylic acids is 1. The molecule has 0 unspecified atom stereocenters. The zero-order valence-electron chi connectivity index (χ0n) is 9.91. The van der Waals surface area contributed by atoms with Crippen molar-refractivity contribution in [3.05, 3.63) is 35.9 Å². The van der Waals surface area contributed by atoms with E-state index in [4.69, 9.17) is 14.9 Å². The van der Waals surface area contributed by atoms with Crippen molar-refractivity contribution < 1.29 is 29.3 Å². The highest BCUT2D eigenvalue weighted by atomic mass is 16.5. The summed E-state index contributed by atoms with van der Waals surface area (Å²) in [6.07, 6.45) is -1.69. The summed E-state index contributed by atoms with van der Waals surface area (Å²) in [5, 5.41) is 19.2. The molecule has 0 saturated heterocycles. The molecular weight excluding hydrogens is 266 g/mol. The highest BCUT2D eigenvalue weighted by Gasteiger charge is 2.23. The maximum atomic E-state index is 11.3. The molecule has 0 aromatic heterocycles. The Morgan fingerprint density at radius 3 is 2.25 bits per heavy atom. The van der Waals surface area contributed by atoms with Gasteiger partial charge in [0.05, 0.1) is 6.42 Å². The first-order chi connectivity index (χ1) is 8.99. The molecule has 20 heavy (non-hydrogen) atoms. The highest BCUT2D eigenvalue weighted by molar-refractivity contribution is 5.84. The van der Waals surface area contributed by atoms with Gasteiger partial charge in [-0.2, -0.15) is 0 Å². The molecule has 0 heterocycles. The number of benzene rings is 1. The number of carboxylic acids is 2. The maximum Gasteiger partial charge on any atom is 0.408 e. The first-order valence-electron chi connectivity index (χ1n) is 5.41. The molecule has 0 spiro atoms. The van der Waals surface area contributed by atoms with Crippen molar-refractivity contribution in [2.24, 2.45) is 0 Å². The number of ether oxygens (including phenoxy) is 1. The molecule has 7 heteroatoms. The predicted octanol–water partition coefficient (Wildman–Crippen LogP) is 1.48. The average molecular weight is 283 g/mol. The summed E-state index contributed by atoms with van der Waals surface area (Å²) in [7, 11) is 0. The molecule has 0 aliphatic heterocycles. The Morgan fingerprint density at radius 1 is 1.15 bits per heavy atom. The molecule has 1 atom stereocenters. The fourth-order valence-corrected chi connectivity index (χ4v) is 1.28. The number of amides is 1. The minimum Gasteiger partial charge on any atom is -0.481 e. The lowest BCUT2D eigenvalue weighted by Gasteiger charge is -2.12. The molecule has 0 aliphatic rings. The number of rotatable bonds is 6. The molecule has 0 radical (unpaired) electrons. The van der Waals surface area contributed by atoms with Crippen LogP contribution < -0.4 is 5.32 Å². The largest absolute Gasteiger partial charge is 0.481 e. The molecule has 110 valence electrons. The van der Waals surface area contributed by atoms with Crippen LogP contribution in [-0.4, -0.2) is 34.3 Å². The zero-order valence-corrected chi connectivity index (χ0v) is 9.91. The molecule has 7 nitrogen and oxygen atoms in total. The quantitative estimate of drug-likeness (QED) is 0.728. The topological polar surface area (TPSA) is 113 Å². The van der Waals surface area contributed by atoms with Gasteiger partial charge in [-0.05, 0) is 5.56 Å². The van der Waals surface area contributed by atoms with E-state index >= 15 is 0 Å². The maximum absolute atomic E-state index is 11.3. The fourth-order valence-electron chi connectivity index (χ4n) is 1.28. The first-order valence-corrected chi connectivity index (χ1v) is 5.41. The van der Waals surface area contributed by atoms with E-state index in [1.807, 2.05) is 5.32 Å². The van der Waals surface area contributed by atoms with Crippen LogP contribution in [0.2, 0.25) is 0 Å². The summed E-state index contributed by atoms with van der Waals surface area (Å²) in [6, 6.07) is 7.29. The van der Waals surface area contributed by atoms with Crippen LogP contribution in [0.1, 0.15) is 19.4 Å². The van der Waals surface area contributed by atoms with E-state index in [2.05, 4.69) is 0 Å². The Kier molecular flexibility index (Phi) is 7.42. The lowest BCUT2D eigenvalue weighted by molar-refractivity contribution is -0.145. The van der Waals surface area contributed by atoms with Crippen molar-refractivity contribution >= 4 is 18.0 Å². The molecule has 1 aromatic carbocycles. The second-order valence-electron chi connectivity index (χ2n) is 3.69. The molecule has 1 aromatic rings. The standard InChI is InChI=1S/C12H13NO6.CH4/c14-10(15)6-9(11(16)17)13-12(18)19-7-8-4-2-1-3-5-8;/h1-5,9H,6-7H2,(H,13,18)(H,14,15)(H,16,17);1H4/t9-;/m1./s1. The molecule has 3 N–H and O–H groups in total. The summed E-state index contributed by atoms with van der Waals surface area (Å²) >= 11 is 0. The number of hydrogen-bond donors (Lipinski definition) is 3. The van der Waals surface area contributed by atoms with E-state index in [9.17, 15) is 14.4 Å². The Labute approximate surface area is 116 Å². The van der Waals surface area contributed by atoms with Crippen LogP contribution in [0.25, 0.3) is 0 Å². The van der Waals surface area contributed by atoms with Crippen molar-refractivity contribution in [3.8, 4) is 0 Å². The van der Waals surface area contributed by atoms with Gasteiger partial charge in [0.15, 0.2) is 0 Å². The van der Waals surface area contributed by atoms with Crippen LogP contribution in [0.5, 0.6) is 0 Å². The van der Waals surface area contributed by atoms with Gasteiger partial charge >= 0.3 is 18.0 Å².